The van der Waals surface area contributed by atoms with Crippen LogP contribution in [0.25, 0.3) is 11.1 Å². The van der Waals surface area contributed by atoms with Gasteiger partial charge in [-0.3, -0.25) is 9.69 Å². The van der Waals surface area contributed by atoms with Crippen LogP contribution in [0.2, 0.25) is 0 Å². The van der Waals surface area contributed by atoms with Crippen LogP contribution >= 0.6 is 0 Å². The second kappa shape index (κ2) is 11.3. The standard InChI is InChI=1S/C29H29F3N4O5/c1-17-26(19-5-3-6-20(14-19)29(30,31)32)41-28(39)36(17)16-23-22(15-33-27(34-23)35-11-4-12-35)21-13-18(8-10-25(37)38)7-9-24(21)40-2/h3,5-7,9,13-15,17,26H,4,8,10-12,16H2,1-2H3,(H,37,38). The number of halogens is 3. The molecule has 12 heteroatoms. The van der Waals surface area contributed by atoms with Crippen molar-refractivity contribution in [1.82, 2.24) is 14.9 Å². The van der Waals surface area contributed by atoms with Crippen LogP contribution in [-0.2, 0) is 28.7 Å². The molecule has 2 aliphatic heterocycles. The lowest BCUT2D eigenvalue weighted by atomic mass is 9.98. The number of aliphatic carboxylic acids is 1. The number of carboxylic acid groups (broad SMARTS) is 1. The molecule has 216 valence electrons. The molecule has 1 amide bonds. The fourth-order valence-corrected chi connectivity index (χ4v) is 5.01. The fourth-order valence-electron chi connectivity index (χ4n) is 5.01. The molecule has 1 N–H and O–H groups in total. The first-order valence-electron chi connectivity index (χ1n) is 13.2. The first-order chi connectivity index (χ1) is 19.5. The number of hydrogen-bond donors (Lipinski definition) is 1. The number of carboxylic acids is 1. The maximum absolute atomic E-state index is 13.3. The summed E-state index contributed by atoms with van der Waals surface area (Å²) in [5.74, 6) is 0.109. The van der Waals surface area contributed by atoms with Gasteiger partial charge in [-0.25, -0.2) is 14.8 Å². The van der Waals surface area contributed by atoms with Crippen molar-refractivity contribution >= 4 is 18.0 Å². The van der Waals surface area contributed by atoms with E-state index in [9.17, 15) is 22.8 Å². The molecule has 2 aromatic carbocycles. The number of aryl methyl sites for hydroxylation is 1. The number of methoxy groups -OCH3 is 1. The summed E-state index contributed by atoms with van der Waals surface area (Å²) in [5, 5.41) is 9.13. The first-order valence-corrected chi connectivity index (χ1v) is 13.2. The minimum atomic E-state index is -4.53. The van der Waals surface area contributed by atoms with Gasteiger partial charge in [0.2, 0.25) is 5.95 Å². The number of rotatable bonds is 9. The third-order valence-electron chi connectivity index (χ3n) is 7.43. The van der Waals surface area contributed by atoms with Gasteiger partial charge in [-0.15, -0.1) is 0 Å². The lowest BCUT2D eigenvalue weighted by molar-refractivity contribution is -0.138. The smallest absolute Gasteiger partial charge is 0.416 e. The zero-order valence-electron chi connectivity index (χ0n) is 22.5. The van der Waals surface area contributed by atoms with Gasteiger partial charge in [0.05, 0.1) is 31.0 Å². The van der Waals surface area contributed by atoms with Crippen LogP contribution in [-0.4, -0.2) is 58.3 Å². The van der Waals surface area contributed by atoms with Crippen LogP contribution in [0.1, 0.15) is 48.3 Å². The number of carbonyl (C=O) groups is 2. The number of amides is 1. The summed E-state index contributed by atoms with van der Waals surface area (Å²) in [6.45, 7) is 3.33. The van der Waals surface area contributed by atoms with Gasteiger partial charge in [-0.1, -0.05) is 18.2 Å². The summed E-state index contributed by atoms with van der Waals surface area (Å²) in [5.41, 5.74) is 1.94. The highest BCUT2D eigenvalue weighted by Crippen LogP contribution is 2.39. The van der Waals surface area contributed by atoms with E-state index in [1.807, 2.05) is 11.0 Å². The molecule has 0 bridgehead atoms. The second-order valence-electron chi connectivity index (χ2n) is 10.1. The quantitative estimate of drug-likeness (QED) is 0.361. The summed E-state index contributed by atoms with van der Waals surface area (Å²) < 4.78 is 51.2. The minimum absolute atomic E-state index is 0.0106. The number of aromatic nitrogens is 2. The van der Waals surface area contributed by atoms with Crippen molar-refractivity contribution < 1.29 is 37.3 Å². The summed E-state index contributed by atoms with van der Waals surface area (Å²) in [6, 6.07) is 9.56. The second-order valence-corrected chi connectivity index (χ2v) is 10.1. The number of carbonyl (C=O) groups excluding carboxylic acids is 1. The van der Waals surface area contributed by atoms with Gasteiger partial charge >= 0.3 is 18.2 Å². The Bertz CT molecular complexity index is 1460. The van der Waals surface area contributed by atoms with Gasteiger partial charge in [-0.2, -0.15) is 13.2 Å². The molecular formula is C29H29F3N4O5. The average molecular weight is 571 g/mol. The van der Waals surface area contributed by atoms with Crippen LogP contribution < -0.4 is 9.64 Å². The predicted molar refractivity (Wildman–Crippen MR) is 142 cm³/mol. The maximum Gasteiger partial charge on any atom is 0.416 e. The molecule has 2 atom stereocenters. The number of anilines is 1. The summed E-state index contributed by atoms with van der Waals surface area (Å²) in [6.07, 6.45) is -3.17. The molecule has 0 radical (unpaired) electrons. The Morgan fingerprint density at radius 1 is 1.17 bits per heavy atom. The Hall–Kier alpha value is -4.35. The van der Waals surface area contributed by atoms with E-state index in [0.717, 1.165) is 37.2 Å². The van der Waals surface area contributed by atoms with Gasteiger partial charge in [0, 0.05) is 36.8 Å². The minimum Gasteiger partial charge on any atom is -0.496 e. The predicted octanol–water partition coefficient (Wildman–Crippen LogP) is 5.48. The van der Waals surface area contributed by atoms with Crippen LogP contribution in [0.5, 0.6) is 5.75 Å². The van der Waals surface area contributed by atoms with E-state index in [-0.39, 0.29) is 18.5 Å². The van der Waals surface area contributed by atoms with Crippen molar-refractivity contribution in [3.8, 4) is 16.9 Å². The summed E-state index contributed by atoms with van der Waals surface area (Å²) >= 11 is 0. The Morgan fingerprint density at radius 3 is 2.61 bits per heavy atom. The number of nitrogens with zero attached hydrogens (tertiary/aromatic N) is 4. The molecule has 9 nitrogen and oxygen atoms in total. The highest BCUT2D eigenvalue weighted by molar-refractivity contribution is 5.75. The molecule has 2 unspecified atom stereocenters. The summed E-state index contributed by atoms with van der Waals surface area (Å²) in [4.78, 5) is 37.0. The Morgan fingerprint density at radius 2 is 1.95 bits per heavy atom. The average Bonchev–Trinajstić information content (AvgIpc) is 3.19. The number of benzene rings is 2. The first kappa shape index (κ1) is 28.2. The molecule has 41 heavy (non-hydrogen) atoms. The zero-order valence-corrected chi connectivity index (χ0v) is 22.5. The van der Waals surface area contributed by atoms with E-state index < -0.39 is 35.9 Å². The van der Waals surface area contributed by atoms with E-state index in [1.165, 1.54) is 24.1 Å². The highest BCUT2D eigenvalue weighted by Gasteiger charge is 2.41. The van der Waals surface area contributed by atoms with Crippen molar-refractivity contribution in [2.75, 3.05) is 25.1 Å². The number of alkyl halides is 3. The third-order valence-corrected chi connectivity index (χ3v) is 7.43. The van der Waals surface area contributed by atoms with Crippen molar-refractivity contribution in [3.05, 3.63) is 71.0 Å². The van der Waals surface area contributed by atoms with Crippen LogP contribution in [0, 0.1) is 0 Å². The summed E-state index contributed by atoms with van der Waals surface area (Å²) in [7, 11) is 1.52. The topological polar surface area (TPSA) is 105 Å². The molecule has 0 aliphatic carbocycles. The van der Waals surface area contributed by atoms with Crippen molar-refractivity contribution in [2.45, 2.75) is 51.1 Å². The fraction of sp³-hybridized carbons (Fsp3) is 0.379. The van der Waals surface area contributed by atoms with E-state index >= 15 is 0 Å². The van der Waals surface area contributed by atoms with Crippen LogP contribution in [0.15, 0.2) is 48.7 Å². The SMILES string of the molecule is COc1ccc(CCC(=O)O)cc1-c1cnc(N2CCC2)nc1CN1C(=O)OC(c2cccc(C(F)(F)F)c2)C1C. The van der Waals surface area contributed by atoms with Crippen LogP contribution in [0.4, 0.5) is 23.9 Å². The van der Waals surface area contributed by atoms with Crippen LogP contribution in [0.3, 0.4) is 0 Å². The number of hydrogen-bond acceptors (Lipinski definition) is 7. The molecule has 1 aromatic heterocycles. The van der Waals surface area contributed by atoms with E-state index in [1.54, 1.807) is 25.3 Å². The molecule has 5 rings (SSSR count). The number of ether oxygens (including phenoxy) is 2. The monoisotopic (exact) mass is 570 g/mol. The Labute approximate surface area is 234 Å². The highest BCUT2D eigenvalue weighted by atomic mass is 19.4. The molecule has 0 saturated carbocycles. The van der Waals surface area contributed by atoms with Gasteiger partial charge in [-0.05, 0) is 55.2 Å². The molecule has 2 aliphatic rings. The van der Waals surface area contributed by atoms with Gasteiger partial charge in [0.25, 0.3) is 0 Å². The van der Waals surface area contributed by atoms with E-state index in [0.29, 0.717) is 34.9 Å². The largest absolute Gasteiger partial charge is 0.496 e. The van der Waals surface area contributed by atoms with E-state index in [4.69, 9.17) is 19.6 Å². The lowest BCUT2D eigenvalue weighted by Gasteiger charge is -2.31. The van der Waals surface area contributed by atoms with Crippen molar-refractivity contribution in [3.63, 3.8) is 0 Å². The normalized spacial score (nSPS) is 18.7. The van der Waals surface area contributed by atoms with Gasteiger partial charge in [0.15, 0.2) is 0 Å². The third kappa shape index (κ3) is 5.91. The molecule has 0 spiro atoms. The Balaban J connectivity index is 1.50. The zero-order chi connectivity index (χ0) is 29.3. The lowest BCUT2D eigenvalue weighted by Crippen LogP contribution is -2.39. The van der Waals surface area contributed by atoms with Gasteiger partial charge < -0.3 is 19.5 Å². The van der Waals surface area contributed by atoms with Crippen molar-refractivity contribution in [2.24, 2.45) is 0 Å². The molecule has 3 heterocycles. The van der Waals surface area contributed by atoms with Crippen molar-refractivity contribution in [1.29, 1.82) is 0 Å². The Kier molecular flexibility index (Phi) is 7.74. The molecule has 2 fully saturated rings. The maximum atomic E-state index is 13.3. The van der Waals surface area contributed by atoms with Gasteiger partial charge in [0.1, 0.15) is 11.9 Å². The van der Waals surface area contributed by atoms with E-state index in [2.05, 4.69) is 4.98 Å². The molecule has 3 aromatic rings. The molecular weight excluding hydrogens is 541 g/mol. The molecule has 2 saturated heterocycles. The number of cyclic esters (lactones) is 1.